The number of hydrogen-bond acceptors (Lipinski definition) is 5. The van der Waals surface area contributed by atoms with Crippen LogP contribution < -0.4 is 4.90 Å². The maximum Gasteiger partial charge on any atom is 0.341 e. The zero-order valence-electron chi connectivity index (χ0n) is 15.7. The maximum absolute atomic E-state index is 14.3. The molecule has 8 heteroatoms. The summed E-state index contributed by atoms with van der Waals surface area (Å²) in [7, 11) is 0. The first-order chi connectivity index (χ1) is 14.0. The number of esters is 1. The fraction of sp³-hybridized carbons (Fsp3) is 0.286. The van der Waals surface area contributed by atoms with Crippen LogP contribution in [-0.4, -0.2) is 34.9 Å². The number of rotatable bonds is 4. The molecular formula is C21H18F2N4O2. The SMILES string of the molecule is CCOC(=O)c1cnn2ccc(N3C[C@@H](F)C[C@@H]3c3cc(F)cc(C#N)c3)cc12. The first-order valence-corrected chi connectivity index (χ1v) is 9.26. The summed E-state index contributed by atoms with van der Waals surface area (Å²) >= 11 is 0. The van der Waals surface area contributed by atoms with Crippen molar-refractivity contribution in [2.75, 3.05) is 18.1 Å². The predicted molar refractivity (Wildman–Crippen MR) is 102 cm³/mol. The molecule has 1 aliphatic heterocycles. The second kappa shape index (κ2) is 7.51. The van der Waals surface area contributed by atoms with Crippen molar-refractivity contribution in [3.8, 4) is 6.07 Å². The lowest BCUT2D eigenvalue weighted by molar-refractivity contribution is 0.0528. The standard InChI is InChI=1S/C21H18F2N4O2/c1-2-29-21(28)18-11-25-27-4-3-17(9-20(18)27)26-12-16(23)8-19(26)14-5-13(10-24)6-15(22)7-14/h3-7,9,11,16,19H,2,8,12H2,1H3/t16-,19+/m0/s1. The Morgan fingerprint density at radius 2 is 2.21 bits per heavy atom. The molecular weight excluding hydrogens is 378 g/mol. The number of hydrogen-bond donors (Lipinski definition) is 0. The van der Waals surface area contributed by atoms with Gasteiger partial charge in [0, 0.05) is 24.8 Å². The molecule has 0 bridgehead atoms. The van der Waals surface area contributed by atoms with Crippen LogP contribution in [0.2, 0.25) is 0 Å². The second-order valence-corrected chi connectivity index (χ2v) is 6.88. The average Bonchev–Trinajstić information content (AvgIpc) is 3.30. The summed E-state index contributed by atoms with van der Waals surface area (Å²) in [6.45, 7) is 2.09. The van der Waals surface area contributed by atoms with Gasteiger partial charge in [0.15, 0.2) is 0 Å². The van der Waals surface area contributed by atoms with Crippen LogP contribution in [0.1, 0.15) is 40.9 Å². The number of aromatic nitrogens is 2. The Bertz CT molecular complexity index is 1120. The molecule has 148 valence electrons. The summed E-state index contributed by atoms with van der Waals surface area (Å²) in [5.74, 6) is -1.01. The lowest BCUT2D eigenvalue weighted by Gasteiger charge is -2.27. The Balaban J connectivity index is 1.75. The van der Waals surface area contributed by atoms with E-state index in [2.05, 4.69) is 5.10 Å². The molecule has 3 heterocycles. The largest absolute Gasteiger partial charge is 0.462 e. The molecule has 0 unspecified atom stereocenters. The van der Waals surface area contributed by atoms with E-state index in [1.54, 1.807) is 35.8 Å². The third-order valence-electron chi connectivity index (χ3n) is 5.02. The number of ether oxygens (including phenoxy) is 1. The molecule has 0 aliphatic carbocycles. The molecule has 29 heavy (non-hydrogen) atoms. The van der Waals surface area contributed by atoms with Crippen LogP contribution in [0.4, 0.5) is 14.5 Å². The number of carbonyl (C=O) groups excluding carboxylic acids is 1. The van der Waals surface area contributed by atoms with Crippen molar-refractivity contribution < 1.29 is 18.3 Å². The minimum absolute atomic E-state index is 0.127. The molecule has 2 aromatic heterocycles. The lowest BCUT2D eigenvalue weighted by atomic mass is 10.0. The summed E-state index contributed by atoms with van der Waals surface area (Å²) in [6.07, 6.45) is 2.20. The van der Waals surface area contributed by atoms with Gasteiger partial charge in [-0.3, -0.25) is 0 Å². The van der Waals surface area contributed by atoms with Gasteiger partial charge in [0.2, 0.25) is 0 Å². The molecule has 1 saturated heterocycles. The number of nitrogens with zero attached hydrogens (tertiary/aromatic N) is 4. The highest BCUT2D eigenvalue weighted by atomic mass is 19.1. The Kier molecular flexibility index (Phi) is 4.89. The summed E-state index contributed by atoms with van der Waals surface area (Å²) in [4.78, 5) is 14.0. The number of pyridine rings is 1. The highest BCUT2D eigenvalue weighted by molar-refractivity contribution is 5.97. The molecule has 0 radical (unpaired) electrons. The minimum Gasteiger partial charge on any atom is -0.462 e. The van der Waals surface area contributed by atoms with Gasteiger partial charge in [-0.25, -0.2) is 18.1 Å². The predicted octanol–water partition coefficient (Wildman–Crippen LogP) is 3.81. The highest BCUT2D eigenvalue weighted by Gasteiger charge is 2.34. The van der Waals surface area contributed by atoms with E-state index in [0.717, 1.165) is 6.07 Å². The maximum atomic E-state index is 14.3. The monoisotopic (exact) mass is 396 g/mol. The molecule has 0 amide bonds. The van der Waals surface area contributed by atoms with E-state index in [1.165, 1.54) is 12.3 Å². The van der Waals surface area contributed by atoms with E-state index in [-0.39, 0.29) is 25.1 Å². The van der Waals surface area contributed by atoms with Crippen LogP contribution in [0.25, 0.3) is 5.52 Å². The quantitative estimate of drug-likeness (QED) is 0.627. The Morgan fingerprint density at radius 1 is 1.38 bits per heavy atom. The number of nitriles is 1. The van der Waals surface area contributed by atoms with E-state index in [0.29, 0.717) is 22.3 Å². The van der Waals surface area contributed by atoms with E-state index >= 15 is 0 Å². The van der Waals surface area contributed by atoms with Gasteiger partial charge in [-0.1, -0.05) is 0 Å². The number of halogens is 2. The van der Waals surface area contributed by atoms with Crippen molar-refractivity contribution in [3.63, 3.8) is 0 Å². The van der Waals surface area contributed by atoms with E-state index in [9.17, 15) is 13.6 Å². The number of anilines is 1. The average molecular weight is 396 g/mol. The fourth-order valence-electron chi connectivity index (χ4n) is 3.77. The third kappa shape index (κ3) is 3.51. The van der Waals surface area contributed by atoms with Crippen LogP contribution in [0.3, 0.4) is 0 Å². The zero-order valence-corrected chi connectivity index (χ0v) is 15.7. The Hall–Kier alpha value is -3.47. The minimum atomic E-state index is -1.10. The van der Waals surface area contributed by atoms with Crippen LogP contribution in [0.5, 0.6) is 0 Å². The highest BCUT2D eigenvalue weighted by Crippen LogP contribution is 2.38. The number of carbonyl (C=O) groups is 1. The second-order valence-electron chi connectivity index (χ2n) is 6.88. The third-order valence-corrected chi connectivity index (χ3v) is 5.02. The van der Waals surface area contributed by atoms with Gasteiger partial charge in [0.25, 0.3) is 0 Å². The summed E-state index contributed by atoms with van der Waals surface area (Å²) in [6, 6.07) is 9.09. The van der Waals surface area contributed by atoms with Crippen LogP contribution in [-0.2, 0) is 4.74 Å². The molecule has 0 spiro atoms. The van der Waals surface area contributed by atoms with Gasteiger partial charge < -0.3 is 9.64 Å². The topological polar surface area (TPSA) is 70.6 Å². The number of fused-ring (bicyclic) bond motifs is 1. The smallest absolute Gasteiger partial charge is 0.341 e. The Morgan fingerprint density at radius 3 is 2.97 bits per heavy atom. The number of benzene rings is 1. The summed E-state index contributed by atoms with van der Waals surface area (Å²) < 4.78 is 34.9. The van der Waals surface area contributed by atoms with E-state index in [4.69, 9.17) is 10.00 Å². The van der Waals surface area contributed by atoms with Crippen LogP contribution in [0.15, 0.2) is 42.7 Å². The van der Waals surface area contributed by atoms with Crippen molar-refractivity contribution in [3.05, 3.63) is 65.2 Å². The normalized spacial score (nSPS) is 18.8. The van der Waals surface area contributed by atoms with Crippen molar-refractivity contribution in [1.29, 1.82) is 5.26 Å². The van der Waals surface area contributed by atoms with Crippen molar-refractivity contribution in [2.45, 2.75) is 25.6 Å². The fourth-order valence-corrected chi connectivity index (χ4v) is 3.77. The molecule has 4 rings (SSSR count). The van der Waals surface area contributed by atoms with E-state index in [1.807, 2.05) is 11.0 Å². The van der Waals surface area contributed by atoms with Gasteiger partial charge >= 0.3 is 5.97 Å². The molecule has 3 aromatic rings. The van der Waals surface area contributed by atoms with Gasteiger partial charge in [0.1, 0.15) is 17.6 Å². The van der Waals surface area contributed by atoms with Crippen LogP contribution >= 0.6 is 0 Å². The van der Waals surface area contributed by atoms with Gasteiger partial charge in [0.05, 0.1) is 36.0 Å². The van der Waals surface area contributed by atoms with Crippen LogP contribution in [0, 0.1) is 17.1 Å². The van der Waals surface area contributed by atoms with Crippen molar-refractivity contribution in [1.82, 2.24) is 9.61 Å². The number of alkyl halides is 1. The molecule has 0 saturated carbocycles. The van der Waals surface area contributed by atoms with Gasteiger partial charge in [-0.05, 0) is 42.8 Å². The lowest BCUT2D eigenvalue weighted by Crippen LogP contribution is -2.24. The molecule has 1 aliphatic rings. The van der Waals surface area contributed by atoms with Gasteiger partial charge in [-0.2, -0.15) is 10.4 Å². The molecule has 2 atom stereocenters. The summed E-state index contributed by atoms with van der Waals surface area (Å²) in [5, 5.41) is 13.3. The molecule has 0 N–H and O–H groups in total. The summed E-state index contributed by atoms with van der Waals surface area (Å²) in [5.41, 5.74) is 2.27. The van der Waals surface area contributed by atoms with Gasteiger partial charge in [-0.15, -0.1) is 0 Å². The molecule has 1 fully saturated rings. The van der Waals surface area contributed by atoms with Crippen molar-refractivity contribution in [2.24, 2.45) is 0 Å². The Labute approximate surface area is 165 Å². The molecule has 6 nitrogen and oxygen atoms in total. The first-order valence-electron chi connectivity index (χ1n) is 9.26. The first kappa shape index (κ1) is 18.9. The van der Waals surface area contributed by atoms with E-state index < -0.39 is 24.0 Å². The molecule has 1 aromatic carbocycles. The van der Waals surface area contributed by atoms with Crippen molar-refractivity contribution >= 4 is 17.2 Å². The zero-order chi connectivity index (χ0) is 20.5.